The normalized spacial score (nSPS) is 16.2. The lowest BCUT2D eigenvalue weighted by Crippen LogP contribution is -2.09. The van der Waals surface area contributed by atoms with Gasteiger partial charge in [0.05, 0.1) is 0 Å². The predicted octanol–water partition coefficient (Wildman–Crippen LogP) is -0.249. The zero-order valence-electron chi connectivity index (χ0n) is 5.44. The number of ether oxygens (including phenoxy) is 1. The van der Waals surface area contributed by atoms with Gasteiger partial charge in [-0.3, -0.25) is 14.4 Å². The molecule has 0 N–H and O–H groups in total. The van der Waals surface area contributed by atoms with Gasteiger partial charge in [-0.25, -0.2) is 0 Å². The first-order valence-corrected chi connectivity index (χ1v) is 2.82. The molecule has 4 nitrogen and oxygen atoms in total. The largest absolute Gasteiger partial charge is 0.424 e. The molecule has 4 heteroatoms. The summed E-state index contributed by atoms with van der Waals surface area (Å²) in [6.45, 7) is 0.107. The molecule has 0 aromatic carbocycles. The van der Waals surface area contributed by atoms with Gasteiger partial charge < -0.3 is 4.74 Å². The second kappa shape index (κ2) is 2.92. The molecule has 1 aliphatic rings. The van der Waals surface area contributed by atoms with E-state index in [1.807, 2.05) is 0 Å². The summed E-state index contributed by atoms with van der Waals surface area (Å²) in [5.74, 6) is -1.06. The van der Waals surface area contributed by atoms with Gasteiger partial charge in [-0.05, 0) is 12.2 Å². The van der Waals surface area contributed by atoms with E-state index in [0.717, 1.165) is 18.2 Å². The van der Waals surface area contributed by atoms with Gasteiger partial charge in [0, 0.05) is 6.08 Å². The minimum Gasteiger partial charge on any atom is -0.424 e. The lowest BCUT2D eigenvalue weighted by Gasteiger charge is -2.01. The van der Waals surface area contributed by atoms with Gasteiger partial charge in [-0.15, -0.1) is 0 Å². The number of hydrogen-bond acceptors (Lipinski definition) is 4. The Kier molecular flexibility index (Phi) is 1.96. The van der Waals surface area contributed by atoms with Crippen LogP contribution >= 0.6 is 0 Å². The van der Waals surface area contributed by atoms with Crippen LogP contribution in [-0.2, 0) is 19.1 Å². The molecule has 11 heavy (non-hydrogen) atoms. The highest BCUT2D eigenvalue weighted by Crippen LogP contribution is 2.04. The van der Waals surface area contributed by atoms with Crippen molar-refractivity contribution in [3.63, 3.8) is 0 Å². The Hall–Kier alpha value is -1.71. The molecule has 0 aliphatic heterocycles. The van der Waals surface area contributed by atoms with E-state index in [9.17, 15) is 14.4 Å². The Labute approximate surface area is 62.1 Å². The van der Waals surface area contributed by atoms with E-state index in [-0.39, 0.29) is 18.0 Å². The van der Waals surface area contributed by atoms with Crippen molar-refractivity contribution in [2.24, 2.45) is 0 Å². The van der Waals surface area contributed by atoms with Gasteiger partial charge in [0.1, 0.15) is 0 Å². The number of carbonyl (C=O) groups is 3. The Morgan fingerprint density at radius 2 is 2.00 bits per heavy atom. The van der Waals surface area contributed by atoms with Gasteiger partial charge in [0.2, 0.25) is 5.78 Å². The van der Waals surface area contributed by atoms with Crippen molar-refractivity contribution in [2.45, 2.75) is 0 Å². The molecule has 56 valence electrons. The summed E-state index contributed by atoms with van der Waals surface area (Å²) in [6, 6.07) is 0. The molecule has 0 aromatic rings. The second-order valence-corrected chi connectivity index (χ2v) is 1.82. The number of rotatable bonds is 2. The zero-order chi connectivity index (χ0) is 8.27. The first-order valence-electron chi connectivity index (χ1n) is 2.82. The van der Waals surface area contributed by atoms with Crippen molar-refractivity contribution in [2.75, 3.05) is 0 Å². The number of allylic oxidation sites excluding steroid dienone is 3. The summed E-state index contributed by atoms with van der Waals surface area (Å²) in [7, 11) is 0. The van der Waals surface area contributed by atoms with Crippen LogP contribution in [0.3, 0.4) is 0 Å². The molecule has 0 radical (unpaired) electrons. The molecular weight excluding hydrogens is 148 g/mol. The summed E-state index contributed by atoms with van der Waals surface area (Å²) >= 11 is 0. The Bertz CT molecular complexity index is 272. The highest BCUT2D eigenvalue weighted by Gasteiger charge is 2.13. The summed E-state index contributed by atoms with van der Waals surface area (Å²) in [4.78, 5) is 31.1. The van der Waals surface area contributed by atoms with Crippen LogP contribution in [0.4, 0.5) is 0 Å². The molecule has 0 heterocycles. The highest BCUT2D eigenvalue weighted by molar-refractivity contribution is 6.16. The van der Waals surface area contributed by atoms with Crippen LogP contribution in [0.1, 0.15) is 0 Å². The average Bonchev–Trinajstić information content (AvgIpc) is 1.98. The quantitative estimate of drug-likeness (QED) is 0.404. The summed E-state index contributed by atoms with van der Waals surface area (Å²) in [5.41, 5.74) is 0. The molecule has 0 aromatic heterocycles. The van der Waals surface area contributed by atoms with E-state index in [2.05, 4.69) is 4.74 Å². The molecule has 0 bridgehead atoms. The third-order valence-corrected chi connectivity index (χ3v) is 1.09. The predicted molar refractivity (Wildman–Crippen MR) is 34.4 cm³/mol. The summed E-state index contributed by atoms with van der Waals surface area (Å²) in [6.07, 6.45) is 3.14. The Morgan fingerprint density at radius 3 is 2.64 bits per heavy atom. The topological polar surface area (TPSA) is 60.4 Å². The maximum absolute atomic E-state index is 10.7. The molecule has 1 aliphatic carbocycles. The van der Waals surface area contributed by atoms with Crippen molar-refractivity contribution >= 4 is 18.0 Å². The molecule has 0 fully saturated rings. The van der Waals surface area contributed by atoms with Gasteiger partial charge in [0.15, 0.2) is 11.5 Å². The zero-order valence-corrected chi connectivity index (χ0v) is 5.44. The first-order chi connectivity index (χ1) is 5.24. The van der Waals surface area contributed by atoms with Crippen molar-refractivity contribution < 1.29 is 19.1 Å². The van der Waals surface area contributed by atoms with Gasteiger partial charge >= 0.3 is 0 Å². The van der Waals surface area contributed by atoms with Crippen LogP contribution < -0.4 is 0 Å². The molecular formula is C7H4O4. The van der Waals surface area contributed by atoms with Crippen LogP contribution in [0, 0.1) is 0 Å². The van der Waals surface area contributed by atoms with Crippen molar-refractivity contribution in [1.82, 2.24) is 0 Å². The minimum atomic E-state index is -0.475. The van der Waals surface area contributed by atoms with Crippen LogP contribution in [-0.4, -0.2) is 18.0 Å². The van der Waals surface area contributed by atoms with E-state index < -0.39 is 5.78 Å². The van der Waals surface area contributed by atoms with E-state index in [1.165, 1.54) is 0 Å². The number of hydrogen-bond donors (Lipinski definition) is 0. The molecule has 0 amide bonds. The third-order valence-electron chi connectivity index (χ3n) is 1.09. The summed E-state index contributed by atoms with van der Waals surface area (Å²) < 4.78 is 4.22. The molecule has 1 rings (SSSR count). The van der Waals surface area contributed by atoms with Gasteiger partial charge in [-0.1, -0.05) is 0 Å². The fourth-order valence-corrected chi connectivity index (χ4v) is 0.632. The van der Waals surface area contributed by atoms with E-state index >= 15 is 0 Å². The van der Waals surface area contributed by atoms with Gasteiger partial charge in [0.25, 0.3) is 6.47 Å². The van der Waals surface area contributed by atoms with Crippen molar-refractivity contribution in [1.29, 1.82) is 0 Å². The fourth-order valence-electron chi connectivity index (χ4n) is 0.632. The molecule has 0 saturated heterocycles. The summed E-state index contributed by atoms with van der Waals surface area (Å²) in [5, 5.41) is 0. The number of ketones is 2. The van der Waals surface area contributed by atoms with Gasteiger partial charge in [-0.2, -0.15) is 0 Å². The minimum absolute atomic E-state index is 0.107. The second-order valence-electron chi connectivity index (χ2n) is 1.82. The highest BCUT2D eigenvalue weighted by atomic mass is 16.5. The van der Waals surface area contributed by atoms with E-state index in [1.54, 1.807) is 0 Å². The first kappa shape index (κ1) is 7.40. The van der Waals surface area contributed by atoms with Crippen molar-refractivity contribution in [3.8, 4) is 0 Å². The third kappa shape index (κ3) is 1.61. The maximum Gasteiger partial charge on any atom is 0.298 e. The van der Waals surface area contributed by atoms with E-state index in [4.69, 9.17) is 0 Å². The Balaban J connectivity index is 2.84. The molecule has 0 spiro atoms. The monoisotopic (exact) mass is 152 g/mol. The van der Waals surface area contributed by atoms with Crippen LogP contribution in [0.25, 0.3) is 0 Å². The number of carbonyl (C=O) groups excluding carboxylic acids is 3. The average molecular weight is 152 g/mol. The maximum atomic E-state index is 10.7. The lowest BCUT2D eigenvalue weighted by molar-refractivity contribution is -0.129. The van der Waals surface area contributed by atoms with Crippen LogP contribution in [0.2, 0.25) is 0 Å². The van der Waals surface area contributed by atoms with E-state index in [0.29, 0.717) is 0 Å². The Morgan fingerprint density at radius 1 is 1.27 bits per heavy atom. The molecule has 0 saturated carbocycles. The lowest BCUT2D eigenvalue weighted by atomic mass is 10.1. The molecule has 0 unspecified atom stereocenters. The van der Waals surface area contributed by atoms with Crippen LogP contribution in [0.5, 0.6) is 0 Å². The smallest absolute Gasteiger partial charge is 0.298 e. The SMILES string of the molecule is O=COC1=CC(=O)C=CC1=O. The van der Waals surface area contributed by atoms with Crippen molar-refractivity contribution in [3.05, 3.63) is 24.0 Å². The fraction of sp³-hybridized carbons (Fsp3) is 0. The van der Waals surface area contributed by atoms with Crippen LogP contribution in [0.15, 0.2) is 24.0 Å². The molecule has 0 atom stereocenters. The standard InChI is InChI=1S/C7H4O4/c8-4-11-7-3-5(9)1-2-6(7)10/h1-4H.